The lowest BCUT2D eigenvalue weighted by Gasteiger charge is -2.50. The summed E-state index contributed by atoms with van der Waals surface area (Å²) in [5, 5.41) is 0. The lowest BCUT2D eigenvalue weighted by atomic mass is 9.72. The van der Waals surface area contributed by atoms with Crippen molar-refractivity contribution in [2.24, 2.45) is 11.8 Å². The molecular weight excluding hydrogens is 234 g/mol. The molecule has 19 heavy (non-hydrogen) atoms. The van der Waals surface area contributed by atoms with E-state index in [1.54, 1.807) is 0 Å². The van der Waals surface area contributed by atoms with E-state index in [0.717, 1.165) is 5.92 Å². The van der Waals surface area contributed by atoms with Crippen molar-refractivity contribution < 1.29 is 0 Å². The third-order valence-electron chi connectivity index (χ3n) is 5.84. The Balaban J connectivity index is 2.17. The minimum atomic E-state index is 0.285. The zero-order valence-electron chi connectivity index (χ0n) is 13.0. The van der Waals surface area contributed by atoms with Crippen LogP contribution in [0.2, 0.25) is 0 Å². The Hall–Kier alpha value is -0.120. The van der Waals surface area contributed by atoms with Crippen LogP contribution in [-0.4, -0.2) is 29.6 Å². The van der Waals surface area contributed by atoms with Crippen LogP contribution in [0.5, 0.6) is 0 Å². The first-order valence-corrected chi connectivity index (χ1v) is 8.49. The highest BCUT2D eigenvalue weighted by atomic mass is 15.3. The standard InChI is InChI=1S/C16H33N3/c1-3-16(4-2,19-12-8-9-13-19)15(18-17)14-10-6-5-7-11-14/h14-15,18H,3-13,17H2,1-2H3. The normalized spacial score (nSPS) is 24.8. The molecular formula is C16H33N3. The van der Waals surface area contributed by atoms with Crippen LogP contribution in [0.25, 0.3) is 0 Å². The number of hydrazine groups is 1. The maximum Gasteiger partial charge on any atom is 0.0422 e. The van der Waals surface area contributed by atoms with Crippen molar-refractivity contribution in [3.63, 3.8) is 0 Å². The molecule has 1 unspecified atom stereocenters. The van der Waals surface area contributed by atoms with E-state index in [2.05, 4.69) is 24.2 Å². The topological polar surface area (TPSA) is 41.3 Å². The van der Waals surface area contributed by atoms with Gasteiger partial charge in [-0.1, -0.05) is 33.1 Å². The summed E-state index contributed by atoms with van der Waals surface area (Å²) < 4.78 is 0. The van der Waals surface area contributed by atoms with Crippen molar-refractivity contribution in [1.29, 1.82) is 0 Å². The van der Waals surface area contributed by atoms with Crippen LogP contribution in [0.15, 0.2) is 0 Å². The average molecular weight is 267 g/mol. The summed E-state index contributed by atoms with van der Waals surface area (Å²) in [4.78, 5) is 2.74. The predicted octanol–water partition coefficient (Wildman–Crippen LogP) is 3.05. The van der Waals surface area contributed by atoms with E-state index in [-0.39, 0.29) is 5.54 Å². The van der Waals surface area contributed by atoms with Gasteiger partial charge in [-0.2, -0.15) is 0 Å². The van der Waals surface area contributed by atoms with E-state index in [4.69, 9.17) is 5.84 Å². The molecule has 0 bridgehead atoms. The quantitative estimate of drug-likeness (QED) is 0.574. The Kier molecular flexibility index (Phi) is 5.67. The van der Waals surface area contributed by atoms with Gasteiger partial charge >= 0.3 is 0 Å². The summed E-state index contributed by atoms with van der Waals surface area (Å²) in [6.07, 6.45) is 12.1. The highest BCUT2D eigenvalue weighted by molar-refractivity contribution is 5.02. The van der Waals surface area contributed by atoms with E-state index >= 15 is 0 Å². The monoisotopic (exact) mass is 267 g/mol. The lowest BCUT2D eigenvalue weighted by molar-refractivity contribution is 0.0284. The fourth-order valence-electron chi connectivity index (χ4n) is 4.69. The maximum absolute atomic E-state index is 6.03. The average Bonchev–Trinajstić information content (AvgIpc) is 3.00. The number of nitrogens with zero attached hydrogens (tertiary/aromatic N) is 1. The number of likely N-dealkylation sites (tertiary alicyclic amines) is 1. The highest BCUT2D eigenvalue weighted by Gasteiger charge is 2.44. The van der Waals surface area contributed by atoms with Gasteiger partial charge in [0.15, 0.2) is 0 Å². The second kappa shape index (κ2) is 7.05. The first-order valence-electron chi connectivity index (χ1n) is 8.49. The van der Waals surface area contributed by atoms with Gasteiger partial charge in [0, 0.05) is 11.6 Å². The van der Waals surface area contributed by atoms with Crippen LogP contribution < -0.4 is 11.3 Å². The molecule has 112 valence electrons. The van der Waals surface area contributed by atoms with E-state index in [1.807, 2.05) is 0 Å². The summed E-state index contributed by atoms with van der Waals surface area (Å²) in [6, 6.07) is 0.473. The Morgan fingerprint density at radius 1 is 1.05 bits per heavy atom. The summed E-state index contributed by atoms with van der Waals surface area (Å²) in [6.45, 7) is 7.25. The maximum atomic E-state index is 6.03. The lowest BCUT2D eigenvalue weighted by Crippen LogP contribution is -2.64. The van der Waals surface area contributed by atoms with Crippen LogP contribution in [-0.2, 0) is 0 Å². The molecule has 3 N–H and O–H groups in total. The zero-order chi connectivity index (χ0) is 13.7. The van der Waals surface area contributed by atoms with Gasteiger partial charge in [-0.3, -0.25) is 16.2 Å². The molecule has 1 atom stereocenters. The molecule has 0 aromatic rings. The van der Waals surface area contributed by atoms with E-state index in [9.17, 15) is 0 Å². The second-order valence-electron chi connectivity index (χ2n) is 6.55. The van der Waals surface area contributed by atoms with E-state index in [0.29, 0.717) is 6.04 Å². The zero-order valence-corrected chi connectivity index (χ0v) is 13.0. The molecule has 2 aliphatic rings. The molecule has 3 heteroatoms. The van der Waals surface area contributed by atoms with Gasteiger partial charge in [0.2, 0.25) is 0 Å². The van der Waals surface area contributed by atoms with Gasteiger partial charge in [0.25, 0.3) is 0 Å². The second-order valence-corrected chi connectivity index (χ2v) is 6.55. The largest absolute Gasteiger partial charge is 0.296 e. The number of hydrogen-bond donors (Lipinski definition) is 2. The first kappa shape index (κ1) is 15.3. The molecule has 1 saturated carbocycles. The van der Waals surface area contributed by atoms with E-state index in [1.165, 1.54) is 70.9 Å². The fourth-order valence-corrected chi connectivity index (χ4v) is 4.69. The van der Waals surface area contributed by atoms with Crippen LogP contribution in [0, 0.1) is 5.92 Å². The number of nitrogens with two attached hydrogens (primary N) is 1. The fraction of sp³-hybridized carbons (Fsp3) is 1.00. The van der Waals surface area contributed by atoms with Gasteiger partial charge in [-0.15, -0.1) is 0 Å². The van der Waals surface area contributed by atoms with Crippen molar-refractivity contribution >= 4 is 0 Å². The summed E-state index contributed by atoms with van der Waals surface area (Å²) in [7, 11) is 0. The molecule has 1 heterocycles. The van der Waals surface area contributed by atoms with Gasteiger partial charge in [-0.05, 0) is 57.5 Å². The van der Waals surface area contributed by atoms with Crippen molar-refractivity contribution in [3.8, 4) is 0 Å². The molecule has 2 rings (SSSR count). The molecule has 0 spiro atoms. The molecule has 2 fully saturated rings. The van der Waals surface area contributed by atoms with E-state index < -0.39 is 0 Å². The molecule has 3 nitrogen and oxygen atoms in total. The molecule has 1 saturated heterocycles. The van der Waals surface area contributed by atoms with Crippen LogP contribution in [0.3, 0.4) is 0 Å². The molecule has 0 aromatic heterocycles. The smallest absolute Gasteiger partial charge is 0.0422 e. The Morgan fingerprint density at radius 3 is 2.11 bits per heavy atom. The Bertz CT molecular complexity index is 251. The van der Waals surface area contributed by atoms with Gasteiger partial charge in [0.1, 0.15) is 0 Å². The summed E-state index contributed by atoms with van der Waals surface area (Å²) in [5.74, 6) is 6.81. The SMILES string of the molecule is CCC(CC)(C(NN)C1CCCCC1)N1CCCC1. The summed E-state index contributed by atoms with van der Waals surface area (Å²) >= 11 is 0. The van der Waals surface area contributed by atoms with Crippen molar-refractivity contribution in [1.82, 2.24) is 10.3 Å². The van der Waals surface area contributed by atoms with Crippen molar-refractivity contribution in [2.45, 2.75) is 83.2 Å². The Labute approximate surface area is 119 Å². The van der Waals surface area contributed by atoms with Gasteiger partial charge in [0.05, 0.1) is 0 Å². The molecule has 0 radical (unpaired) electrons. The first-order chi connectivity index (χ1) is 9.28. The van der Waals surface area contributed by atoms with Crippen molar-refractivity contribution in [3.05, 3.63) is 0 Å². The predicted molar refractivity (Wildman–Crippen MR) is 81.8 cm³/mol. The minimum Gasteiger partial charge on any atom is -0.296 e. The minimum absolute atomic E-state index is 0.285. The third-order valence-corrected chi connectivity index (χ3v) is 5.84. The highest BCUT2D eigenvalue weighted by Crippen LogP contribution is 2.38. The van der Waals surface area contributed by atoms with Gasteiger partial charge < -0.3 is 0 Å². The Morgan fingerprint density at radius 2 is 1.63 bits per heavy atom. The summed E-state index contributed by atoms with van der Waals surface area (Å²) in [5.41, 5.74) is 3.53. The number of hydrogen-bond acceptors (Lipinski definition) is 3. The number of nitrogens with one attached hydrogen (secondary N) is 1. The number of rotatable bonds is 6. The van der Waals surface area contributed by atoms with Crippen LogP contribution in [0.4, 0.5) is 0 Å². The molecule has 0 amide bonds. The third kappa shape index (κ3) is 2.98. The van der Waals surface area contributed by atoms with Crippen LogP contribution in [0.1, 0.15) is 71.6 Å². The van der Waals surface area contributed by atoms with Gasteiger partial charge in [-0.25, -0.2) is 0 Å². The van der Waals surface area contributed by atoms with Crippen molar-refractivity contribution in [2.75, 3.05) is 13.1 Å². The molecule has 1 aliphatic heterocycles. The van der Waals surface area contributed by atoms with Crippen LogP contribution >= 0.6 is 0 Å². The molecule has 1 aliphatic carbocycles. The molecule has 0 aromatic carbocycles.